The Bertz CT molecular complexity index is 609. The summed E-state index contributed by atoms with van der Waals surface area (Å²) in [4.78, 5) is 26.7. The van der Waals surface area contributed by atoms with Gasteiger partial charge in [-0.15, -0.1) is 0 Å². The summed E-state index contributed by atoms with van der Waals surface area (Å²) in [5, 5.41) is 5.83. The van der Waals surface area contributed by atoms with Crippen LogP contribution in [-0.2, 0) is 9.59 Å². The van der Waals surface area contributed by atoms with Crippen LogP contribution in [0.4, 0.5) is 5.69 Å². The molecule has 0 aromatic heterocycles. The maximum Gasteiger partial charge on any atom is 0.241 e. The third-order valence-electron chi connectivity index (χ3n) is 4.29. The molecule has 1 aromatic rings. The molecule has 0 spiro atoms. The molecule has 1 fully saturated rings. The number of carbonyl (C=O) groups is 2. The molecule has 24 heavy (non-hydrogen) atoms. The van der Waals surface area contributed by atoms with E-state index in [0.717, 1.165) is 34.0 Å². The van der Waals surface area contributed by atoms with E-state index >= 15 is 0 Å². The van der Waals surface area contributed by atoms with Crippen molar-refractivity contribution >= 4 is 49.4 Å². The number of hydrogen-bond acceptors (Lipinski definition) is 3. The summed E-state index contributed by atoms with van der Waals surface area (Å²) in [6, 6.07) is 5.35. The highest BCUT2D eigenvalue weighted by Crippen LogP contribution is 2.27. The number of halogens is 2. The fraction of sp³-hybridized carbons (Fsp3) is 0.529. The van der Waals surface area contributed by atoms with Crippen molar-refractivity contribution < 1.29 is 9.59 Å². The minimum Gasteiger partial charge on any atom is -0.356 e. The molecule has 2 atom stereocenters. The third-order valence-corrected chi connectivity index (χ3v) is 5.44. The van der Waals surface area contributed by atoms with Crippen molar-refractivity contribution in [3.63, 3.8) is 0 Å². The molecule has 1 saturated heterocycles. The van der Waals surface area contributed by atoms with Gasteiger partial charge in [-0.25, -0.2) is 0 Å². The van der Waals surface area contributed by atoms with Crippen molar-refractivity contribution in [2.45, 2.75) is 32.7 Å². The lowest BCUT2D eigenvalue weighted by Gasteiger charge is -2.35. The summed E-state index contributed by atoms with van der Waals surface area (Å²) >= 11 is 6.85. The fourth-order valence-electron chi connectivity index (χ4n) is 2.88. The highest BCUT2D eigenvalue weighted by atomic mass is 79.9. The topological polar surface area (TPSA) is 61.4 Å². The van der Waals surface area contributed by atoms with Gasteiger partial charge in [0.1, 0.15) is 0 Å². The van der Waals surface area contributed by atoms with Crippen molar-refractivity contribution in [1.29, 1.82) is 0 Å². The first-order chi connectivity index (χ1) is 11.4. The molecule has 0 aliphatic carbocycles. The lowest BCUT2D eigenvalue weighted by Crippen LogP contribution is -2.50. The summed E-state index contributed by atoms with van der Waals surface area (Å²) in [6.45, 7) is 5.92. The van der Waals surface area contributed by atoms with Gasteiger partial charge in [0.15, 0.2) is 0 Å². The zero-order valence-corrected chi connectivity index (χ0v) is 17.1. The first-order valence-corrected chi connectivity index (χ1v) is 9.78. The Morgan fingerprint density at radius 2 is 2.12 bits per heavy atom. The molecule has 0 radical (unpaired) electrons. The molecule has 1 heterocycles. The number of carbonyl (C=O) groups excluding carboxylic acids is 2. The molecule has 7 heteroatoms. The van der Waals surface area contributed by atoms with Gasteiger partial charge in [-0.3, -0.25) is 14.5 Å². The Labute approximate surface area is 159 Å². The summed E-state index contributed by atoms with van der Waals surface area (Å²) in [7, 11) is 0. The summed E-state index contributed by atoms with van der Waals surface area (Å²) in [5.74, 6) is -0.00611. The predicted octanol–water partition coefficient (Wildman–Crippen LogP) is 3.39. The van der Waals surface area contributed by atoms with Crippen LogP contribution in [0.25, 0.3) is 0 Å². The highest BCUT2D eigenvalue weighted by molar-refractivity contribution is 9.11. The van der Waals surface area contributed by atoms with Crippen LogP contribution < -0.4 is 10.6 Å². The molecule has 1 aliphatic rings. The van der Waals surface area contributed by atoms with Crippen molar-refractivity contribution in [3.05, 3.63) is 27.1 Å². The van der Waals surface area contributed by atoms with Gasteiger partial charge in [0.05, 0.1) is 17.6 Å². The van der Waals surface area contributed by atoms with Gasteiger partial charge in [0.2, 0.25) is 11.8 Å². The molecular formula is C17H23Br2N3O2. The zero-order valence-electron chi connectivity index (χ0n) is 13.9. The van der Waals surface area contributed by atoms with E-state index in [-0.39, 0.29) is 23.8 Å². The zero-order chi connectivity index (χ0) is 17.7. The number of piperidine rings is 1. The van der Waals surface area contributed by atoms with Crippen molar-refractivity contribution in [2.24, 2.45) is 5.92 Å². The first-order valence-electron chi connectivity index (χ1n) is 8.20. The van der Waals surface area contributed by atoms with Gasteiger partial charge in [0.25, 0.3) is 0 Å². The smallest absolute Gasteiger partial charge is 0.241 e. The minimum atomic E-state index is -0.280. The van der Waals surface area contributed by atoms with E-state index in [2.05, 4.69) is 47.4 Å². The number of hydrogen-bond donors (Lipinski definition) is 2. The minimum absolute atomic E-state index is 0.0339. The number of anilines is 1. The summed E-state index contributed by atoms with van der Waals surface area (Å²) < 4.78 is 1.78. The Kier molecular flexibility index (Phi) is 7.25. The average Bonchev–Trinajstić information content (AvgIpc) is 2.57. The predicted molar refractivity (Wildman–Crippen MR) is 103 cm³/mol. The SMILES string of the molecule is CCNC(=O)C1CCCN(C(C)C(=O)Nc2ccc(Br)cc2Br)C1. The highest BCUT2D eigenvalue weighted by Gasteiger charge is 2.30. The number of nitrogens with one attached hydrogen (secondary N) is 2. The van der Waals surface area contributed by atoms with Crippen molar-refractivity contribution in [1.82, 2.24) is 10.2 Å². The normalized spacial score (nSPS) is 19.6. The molecule has 0 saturated carbocycles. The molecular weight excluding hydrogens is 438 g/mol. The Hall–Kier alpha value is -0.920. The molecule has 2 unspecified atom stereocenters. The van der Waals surface area contributed by atoms with Crippen LogP contribution in [-0.4, -0.2) is 42.4 Å². The van der Waals surface area contributed by atoms with Gasteiger partial charge in [-0.05, 0) is 67.4 Å². The molecule has 1 aromatic carbocycles. The Morgan fingerprint density at radius 3 is 2.79 bits per heavy atom. The van der Waals surface area contributed by atoms with Crippen molar-refractivity contribution in [3.8, 4) is 0 Å². The van der Waals surface area contributed by atoms with E-state index in [4.69, 9.17) is 0 Å². The number of nitrogens with zero attached hydrogens (tertiary/aromatic N) is 1. The lowest BCUT2D eigenvalue weighted by molar-refractivity contribution is -0.129. The van der Waals surface area contributed by atoms with Crippen LogP contribution in [0.5, 0.6) is 0 Å². The number of benzene rings is 1. The first kappa shape index (κ1) is 19.4. The van der Waals surface area contributed by atoms with Gasteiger partial charge in [0, 0.05) is 22.0 Å². The van der Waals surface area contributed by atoms with Crippen LogP contribution in [0, 0.1) is 5.92 Å². The molecule has 5 nitrogen and oxygen atoms in total. The Balaban J connectivity index is 1.98. The van der Waals surface area contributed by atoms with Crippen LogP contribution in [0.15, 0.2) is 27.1 Å². The Morgan fingerprint density at radius 1 is 1.38 bits per heavy atom. The summed E-state index contributed by atoms with van der Waals surface area (Å²) in [6.07, 6.45) is 1.82. The second-order valence-corrected chi connectivity index (χ2v) is 7.79. The molecule has 132 valence electrons. The summed E-state index contributed by atoms with van der Waals surface area (Å²) in [5.41, 5.74) is 0.743. The maximum absolute atomic E-state index is 12.6. The fourth-order valence-corrected chi connectivity index (χ4v) is 4.03. The third kappa shape index (κ3) is 5.04. The van der Waals surface area contributed by atoms with E-state index in [1.807, 2.05) is 32.0 Å². The molecule has 2 rings (SSSR count). The monoisotopic (exact) mass is 459 g/mol. The standard InChI is InChI=1S/C17H23Br2N3O2/c1-3-20-17(24)12-5-4-8-22(10-12)11(2)16(23)21-15-7-6-13(18)9-14(15)19/h6-7,9,11-12H,3-5,8,10H2,1-2H3,(H,20,24)(H,21,23). The number of likely N-dealkylation sites (tertiary alicyclic amines) is 1. The lowest BCUT2D eigenvalue weighted by atomic mass is 9.96. The maximum atomic E-state index is 12.6. The number of rotatable bonds is 5. The second-order valence-electron chi connectivity index (χ2n) is 6.02. The van der Waals surface area contributed by atoms with Crippen LogP contribution in [0.3, 0.4) is 0 Å². The quantitative estimate of drug-likeness (QED) is 0.707. The van der Waals surface area contributed by atoms with Gasteiger partial charge in [-0.2, -0.15) is 0 Å². The van der Waals surface area contributed by atoms with Crippen molar-refractivity contribution in [2.75, 3.05) is 25.0 Å². The molecule has 1 aliphatic heterocycles. The molecule has 2 N–H and O–H groups in total. The second kappa shape index (κ2) is 8.97. The largest absolute Gasteiger partial charge is 0.356 e. The van der Waals surface area contributed by atoms with E-state index in [1.54, 1.807) is 0 Å². The van der Waals surface area contributed by atoms with E-state index < -0.39 is 0 Å². The van der Waals surface area contributed by atoms with Gasteiger partial charge in [-0.1, -0.05) is 15.9 Å². The average molecular weight is 461 g/mol. The number of amides is 2. The van der Waals surface area contributed by atoms with E-state index in [1.165, 1.54) is 0 Å². The van der Waals surface area contributed by atoms with E-state index in [0.29, 0.717) is 13.1 Å². The van der Waals surface area contributed by atoms with E-state index in [9.17, 15) is 9.59 Å². The molecule has 2 amide bonds. The van der Waals surface area contributed by atoms with Gasteiger partial charge >= 0.3 is 0 Å². The van der Waals surface area contributed by atoms with Crippen LogP contribution >= 0.6 is 31.9 Å². The van der Waals surface area contributed by atoms with Gasteiger partial charge < -0.3 is 10.6 Å². The van der Waals surface area contributed by atoms with Crippen LogP contribution in [0.1, 0.15) is 26.7 Å². The molecule has 0 bridgehead atoms. The van der Waals surface area contributed by atoms with Crippen LogP contribution in [0.2, 0.25) is 0 Å².